The molecule has 0 amide bonds. The van der Waals surface area contributed by atoms with Crippen molar-refractivity contribution in [1.82, 2.24) is 20.0 Å². The molecule has 1 atom stereocenters. The molecule has 2 rings (SSSR count). The summed E-state index contributed by atoms with van der Waals surface area (Å²) in [6.07, 6.45) is 4.55. The van der Waals surface area contributed by atoms with Crippen LogP contribution < -0.4 is 5.32 Å². The minimum atomic E-state index is 0.576. The normalized spacial score (nSPS) is 20.2. The lowest BCUT2D eigenvalue weighted by molar-refractivity contribution is 0.188. The number of rotatable bonds is 6. The quantitative estimate of drug-likeness (QED) is 0.836. The van der Waals surface area contributed by atoms with Gasteiger partial charge in [-0.05, 0) is 46.2 Å². The van der Waals surface area contributed by atoms with Crippen molar-refractivity contribution in [2.75, 3.05) is 13.1 Å². The van der Waals surface area contributed by atoms with Gasteiger partial charge in [-0.15, -0.1) is 0 Å². The maximum atomic E-state index is 4.35. The minimum Gasteiger partial charge on any atom is -0.313 e. The number of aromatic nitrogens is 2. The average molecular weight is 250 g/mol. The second-order valence-electron chi connectivity index (χ2n) is 5.45. The highest BCUT2D eigenvalue weighted by molar-refractivity contribution is 5.01. The predicted octanol–water partition coefficient (Wildman–Crippen LogP) is 1.87. The third-order valence-corrected chi connectivity index (χ3v) is 3.82. The summed E-state index contributed by atoms with van der Waals surface area (Å²) in [7, 11) is 0. The van der Waals surface area contributed by atoms with Gasteiger partial charge < -0.3 is 5.32 Å². The Morgan fingerprint density at radius 3 is 3.00 bits per heavy atom. The van der Waals surface area contributed by atoms with E-state index in [4.69, 9.17) is 0 Å². The van der Waals surface area contributed by atoms with Gasteiger partial charge in [0.05, 0.1) is 5.69 Å². The molecule has 0 aliphatic carbocycles. The highest BCUT2D eigenvalue weighted by Crippen LogP contribution is 2.13. The molecule has 0 saturated carbocycles. The van der Waals surface area contributed by atoms with E-state index < -0.39 is 0 Å². The van der Waals surface area contributed by atoms with Gasteiger partial charge in [-0.1, -0.05) is 0 Å². The molecule has 1 aromatic heterocycles. The Morgan fingerprint density at radius 2 is 2.39 bits per heavy atom. The van der Waals surface area contributed by atoms with Gasteiger partial charge in [0, 0.05) is 37.9 Å². The maximum Gasteiger partial charge on any atom is 0.0524 e. The Kier molecular flexibility index (Phi) is 4.78. The molecule has 1 saturated heterocycles. The molecule has 0 bridgehead atoms. The molecule has 4 nitrogen and oxygen atoms in total. The molecular formula is C14H26N4. The summed E-state index contributed by atoms with van der Waals surface area (Å²) < 4.78 is 2.09. The SMILES string of the molecule is CCn1nccc1CN(CC1CCCN1)C(C)C. The van der Waals surface area contributed by atoms with Crippen LogP contribution >= 0.6 is 0 Å². The van der Waals surface area contributed by atoms with E-state index in [1.54, 1.807) is 0 Å². The first-order chi connectivity index (χ1) is 8.70. The standard InChI is InChI=1S/C14H26N4/c1-4-18-14(7-9-16-18)11-17(12(2)3)10-13-6-5-8-15-13/h7,9,12-13,15H,4-6,8,10-11H2,1-3H3. The molecule has 2 heterocycles. The monoisotopic (exact) mass is 250 g/mol. The van der Waals surface area contributed by atoms with Crippen molar-refractivity contribution in [3.63, 3.8) is 0 Å². The van der Waals surface area contributed by atoms with Crippen molar-refractivity contribution in [2.45, 2.75) is 58.8 Å². The summed E-state index contributed by atoms with van der Waals surface area (Å²) in [6.45, 7) is 11.0. The van der Waals surface area contributed by atoms with Gasteiger partial charge in [-0.25, -0.2) is 0 Å². The topological polar surface area (TPSA) is 33.1 Å². The Hall–Kier alpha value is -0.870. The molecule has 4 heteroatoms. The molecule has 0 aromatic carbocycles. The maximum absolute atomic E-state index is 4.35. The molecule has 0 spiro atoms. The molecule has 1 aromatic rings. The number of hydrogen-bond donors (Lipinski definition) is 1. The van der Waals surface area contributed by atoms with Crippen molar-refractivity contribution in [3.05, 3.63) is 18.0 Å². The third kappa shape index (κ3) is 3.33. The van der Waals surface area contributed by atoms with Gasteiger partial charge in [0.25, 0.3) is 0 Å². The fraction of sp³-hybridized carbons (Fsp3) is 0.786. The van der Waals surface area contributed by atoms with Crippen LogP contribution in [0.15, 0.2) is 12.3 Å². The van der Waals surface area contributed by atoms with E-state index in [1.807, 2.05) is 6.20 Å². The number of aryl methyl sites for hydroxylation is 1. The van der Waals surface area contributed by atoms with Gasteiger partial charge in [-0.3, -0.25) is 9.58 Å². The Morgan fingerprint density at radius 1 is 1.56 bits per heavy atom. The van der Waals surface area contributed by atoms with E-state index in [-0.39, 0.29) is 0 Å². The van der Waals surface area contributed by atoms with Crippen LogP contribution in [0.4, 0.5) is 0 Å². The van der Waals surface area contributed by atoms with Crippen molar-refractivity contribution in [1.29, 1.82) is 0 Å². The van der Waals surface area contributed by atoms with Gasteiger partial charge in [0.1, 0.15) is 0 Å². The summed E-state index contributed by atoms with van der Waals surface area (Å²) in [5.74, 6) is 0. The zero-order valence-corrected chi connectivity index (χ0v) is 11.9. The van der Waals surface area contributed by atoms with Crippen LogP contribution in [-0.4, -0.2) is 39.9 Å². The van der Waals surface area contributed by atoms with E-state index >= 15 is 0 Å². The van der Waals surface area contributed by atoms with Crippen LogP contribution in [0.25, 0.3) is 0 Å². The highest BCUT2D eigenvalue weighted by atomic mass is 15.3. The molecule has 102 valence electrons. The average Bonchev–Trinajstić information content (AvgIpc) is 2.98. The largest absolute Gasteiger partial charge is 0.313 e. The fourth-order valence-corrected chi connectivity index (χ4v) is 2.64. The highest BCUT2D eigenvalue weighted by Gasteiger charge is 2.20. The third-order valence-electron chi connectivity index (χ3n) is 3.82. The van der Waals surface area contributed by atoms with E-state index in [0.29, 0.717) is 12.1 Å². The molecule has 1 unspecified atom stereocenters. The first-order valence-corrected chi connectivity index (χ1v) is 7.18. The van der Waals surface area contributed by atoms with Crippen LogP contribution in [0.3, 0.4) is 0 Å². The van der Waals surface area contributed by atoms with Gasteiger partial charge in [0.15, 0.2) is 0 Å². The first kappa shape index (κ1) is 13.6. The summed E-state index contributed by atoms with van der Waals surface area (Å²) in [5, 5.41) is 7.94. The Bertz CT molecular complexity index is 352. The Labute approximate surface area is 110 Å². The van der Waals surface area contributed by atoms with E-state index in [2.05, 4.69) is 46.8 Å². The van der Waals surface area contributed by atoms with Crippen LogP contribution in [0, 0.1) is 0 Å². The predicted molar refractivity (Wildman–Crippen MR) is 74.5 cm³/mol. The zero-order valence-electron chi connectivity index (χ0n) is 11.9. The van der Waals surface area contributed by atoms with Crippen LogP contribution in [0.5, 0.6) is 0 Å². The number of hydrogen-bond acceptors (Lipinski definition) is 3. The number of nitrogens with zero attached hydrogens (tertiary/aromatic N) is 3. The summed E-state index contributed by atoms with van der Waals surface area (Å²) in [5.41, 5.74) is 1.32. The molecular weight excluding hydrogens is 224 g/mol. The van der Waals surface area contributed by atoms with E-state index in [1.165, 1.54) is 25.1 Å². The fourth-order valence-electron chi connectivity index (χ4n) is 2.64. The minimum absolute atomic E-state index is 0.576. The van der Waals surface area contributed by atoms with Crippen LogP contribution in [0.2, 0.25) is 0 Å². The molecule has 0 radical (unpaired) electrons. The summed E-state index contributed by atoms with van der Waals surface area (Å²) >= 11 is 0. The van der Waals surface area contributed by atoms with Gasteiger partial charge >= 0.3 is 0 Å². The second kappa shape index (κ2) is 6.34. The van der Waals surface area contributed by atoms with Crippen molar-refractivity contribution < 1.29 is 0 Å². The van der Waals surface area contributed by atoms with Gasteiger partial charge in [0.2, 0.25) is 0 Å². The number of nitrogens with one attached hydrogen (secondary N) is 1. The zero-order chi connectivity index (χ0) is 13.0. The summed E-state index contributed by atoms with van der Waals surface area (Å²) in [4.78, 5) is 2.55. The summed E-state index contributed by atoms with van der Waals surface area (Å²) in [6, 6.07) is 3.39. The van der Waals surface area contributed by atoms with Crippen molar-refractivity contribution >= 4 is 0 Å². The molecule has 1 aliphatic rings. The van der Waals surface area contributed by atoms with Crippen LogP contribution in [-0.2, 0) is 13.1 Å². The molecule has 1 aliphatic heterocycles. The van der Waals surface area contributed by atoms with E-state index in [9.17, 15) is 0 Å². The molecule has 18 heavy (non-hydrogen) atoms. The van der Waals surface area contributed by atoms with Crippen molar-refractivity contribution in [3.8, 4) is 0 Å². The second-order valence-corrected chi connectivity index (χ2v) is 5.45. The lowest BCUT2D eigenvalue weighted by Gasteiger charge is -2.29. The Balaban J connectivity index is 1.97. The van der Waals surface area contributed by atoms with Gasteiger partial charge in [-0.2, -0.15) is 5.10 Å². The molecule has 1 fully saturated rings. The first-order valence-electron chi connectivity index (χ1n) is 7.18. The lowest BCUT2D eigenvalue weighted by Crippen LogP contribution is -2.41. The van der Waals surface area contributed by atoms with E-state index in [0.717, 1.165) is 19.6 Å². The van der Waals surface area contributed by atoms with Crippen molar-refractivity contribution in [2.24, 2.45) is 0 Å². The lowest BCUT2D eigenvalue weighted by atomic mass is 10.2. The van der Waals surface area contributed by atoms with Crippen LogP contribution in [0.1, 0.15) is 39.3 Å². The molecule has 1 N–H and O–H groups in total. The smallest absolute Gasteiger partial charge is 0.0524 e.